The molecule has 0 fully saturated rings. The number of rotatable bonds is 0. The van der Waals surface area contributed by atoms with Crippen LogP contribution >= 0.6 is 0 Å². The van der Waals surface area contributed by atoms with Crippen molar-refractivity contribution >= 4 is 10.9 Å². The standard InChI is InChI=1S/C9H8N2O/c10-11-6-2-4-7-3-1-5-8(12)9(7)11/h1-6H,10H2/p+1. The predicted molar refractivity (Wildman–Crippen MR) is 46.0 cm³/mol. The SMILES string of the molecule is N[n+]1cccc2cccc(O)c21. The van der Waals surface area contributed by atoms with Crippen molar-refractivity contribution in [2.75, 3.05) is 5.84 Å². The predicted octanol–water partition coefficient (Wildman–Crippen LogP) is 0.547. The number of nitrogen functional groups attached to an aromatic ring is 1. The minimum absolute atomic E-state index is 0.204. The summed E-state index contributed by atoms with van der Waals surface area (Å²) in [7, 11) is 0. The van der Waals surface area contributed by atoms with E-state index < -0.39 is 0 Å². The molecule has 3 N–H and O–H groups in total. The second-order valence-electron chi connectivity index (χ2n) is 2.63. The van der Waals surface area contributed by atoms with Crippen LogP contribution < -0.4 is 10.5 Å². The van der Waals surface area contributed by atoms with Gasteiger partial charge in [0.05, 0.1) is 5.39 Å². The molecule has 0 saturated heterocycles. The Bertz CT molecular complexity index is 389. The van der Waals surface area contributed by atoms with Crippen LogP contribution in [0, 0.1) is 0 Å². The highest BCUT2D eigenvalue weighted by Crippen LogP contribution is 2.18. The number of hydrogen-bond donors (Lipinski definition) is 2. The Kier molecular flexibility index (Phi) is 1.37. The Balaban J connectivity index is 2.96. The minimum atomic E-state index is 0.204. The Labute approximate surface area is 69.6 Å². The number of phenols is 1. The van der Waals surface area contributed by atoms with Crippen molar-refractivity contribution in [1.29, 1.82) is 0 Å². The summed E-state index contributed by atoms with van der Waals surface area (Å²) < 4.78 is 1.41. The van der Waals surface area contributed by atoms with E-state index >= 15 is 0 Å². The smallest absolute Gasteiger partial charge is 0.283 e. The fourth-order valence-corrected chi connectivity index (χ4v) is 1.28. The molecular formula is C9H9N2O+. The number of para-hydroxylation sites is 1. The zero-order chi connectivity index (χ0) is 8.55. The number of phenolic OH excluding ortho intramolecular Hbond substituents is 1. The second kappa shape index (κ2) is 2.37. The van der Waals surface area contributed by atoms with E-state index in [2.05, 4.69) is 0 Å². The van der Waals surface area contributed by atoms with Gasteiger partial charge in [-0.1, -0.05) is 10.7 Å². The van der Waals surface area contributed by atoms with E-state index in [4.69, 9.17) is 5.84 Å². The molecule has 1 aromatic carbocycles. The normalized spacial score (nSPS) is 10.3. The van der Waals surface area contributed by atoms with Gasteiger partial charge < -0.3 is 5.11 Å². The molecule has 0 aliphatic rings. The van der Waals surface area contributed by atoms with Crippen LogP contribution in [0.15, 0.2) is 36.5 Å². The highest BCUT2D eigenvalue weighted by molar-refractivity contribution is 5.80. The van der Waals surface area contributed by atoms with E-state index in [9.17, 15) is 5.11 Å². The molecule has 2 aromatic rings. The number of benzene rings is 1. The van der Waals surface area contributed by atoms with E-state index in [-0.39, 0.29) is 5.75 Å². The third-order valence-electron chi connectivity index (χ3n) is 1.83. The number of fused-ring (bicyclic) bond motifs is 1. The molecular weight excluding hydrogens is 152 g/mol. The van der Waals surface area contributed by atoms with Gasteiger partial charge in [0.25, 0.3) is 5.52 Å². The maximum Gasteiger partial charge on any atom is 0.283 e. The van der Waals surface area contributed by atoms with Crippen molar-refractivity contribution in [3.8, 4) is 5.75 Å². The first-order valence-corrected chi connectivity index (χ1v) is 3.66. The Morgan fingerprint density at radius 2 is 1.92 bits per heavy atom. The second-order valence-corrected chi connectivity index (χ2v) is 2.63. The van der Waals surface area contributed by atoms with Crippen LogP contribution in [0.3, 0.4) is 0 Å². The minimum Gasteiger partial charge on any atom is -0.502 e. The molecule has 0 saturated carbocycles. The molecule has 0 bridgehead atoms. The fraction of sp³-hybridized carbons (Fsp3) is 0. The van der Waals surface area contributed by atoms with Gasteiger partial charge in [0.15, 0.2) is 11.9 Å². The molecule has 0 aliphatic heterocycles. The summed E-state index contributed by atoms with van der Waals surface area (Å²) in [4.78, 5) is 0. The maximum atomic E-state index is 9.45. The van der Waals surface area contributed by atoms with Gasteiger partial charge in [-0.2, -0.15) is 0 Å². The highest BCUT2D eigenvalue weighted by Gasteiger charge is 2.08. The Morgan fingerprint density at radius 3 is 2.67 bits per heavy atom. The molecule has 0 aliphatic carbocycles. The van der Waals surface area contributed by atoms with Gasteiger partial charge in [-0.15, -0.1) is 0 Å². The van der Waals surface area contributed by atoms with Crippen LogP contribution in [-0.4, -0.2) is 5.11 Å². The first-order chi connectivity index (χ1) is 5.79. The van der Waals surface area contributed by atoms with Crippen molar-refractivity contribution in [3.05, 3.63) is 36.5 Å². The summed E-state index contributed by atoms with van der Waals surface area (Å²) in [5, 5.41) is 10.4. The molecule has 1 aromatic heterocycles. The van der Waals surface area contributed by atoms with Crippen LogP contribution in [0.25, 0.3) is 10.9 Å². The van der Waals surface area contributed by atoms with Crippen LogP contribution in [0.4, 0.5) is 0 Å². The number of aromatic nitrogens is 1. The Morgan fingerprint density at radius 1 is 1.17 bits per heavy atom. The van der Waals surface area contributed by atoms with Gasteiger partial charge in [-0.05, 0) is 18.2 Å². The van der Waals surface area contributed by atoms with E-state index in [0.29, 0.717) is 5.52 Å². The highest BCUT2D eigenvalue weighted by atomic mass is 16.3. The first-order valence-electron chi connectivity index (χ1n) is 3.66. The van der Waals surface area contributed by atoms with Gasteiger partial charge in [0.2, 0.25) is 0 Å². The molecule has 0 radical (unpaired) electrons. The topological polar surface area (TPSA) is 50.1 Å². The number of pyridine rings is 1. The number of nitrogens with two attached hydrogens (primary N) is 1. The number of aromatic hydroxyl groups is 1. The first kappa shape index (κ1) is 6.91. The molecule has 0 unspecified atom stereocenters. The van der Waals surface area contributed by atoms with Crippen molar-refractivity contribution in [1.82, 2.24) is 0 Å². The lowest BCUT2D eigenvalue weighted by atomic mass is 10.2. The molecule has 0 atom stereocenters. The lowest BCUT2D eigenvalue weighted by Crippen LogP contribution is -2.44. The molecule has 3 heteroatoms. The summed E-state index contributed by atoms with van der Waals surface area (Å²) in [6.07, 6.45) is 1.70. The molecule has 60 valence electrons. The molecule has 3 nitrogen and oxygen atoms in total. The third kappa shape index (κ3) is 0.871. The van der Waals surface area contributed by atoms with Gasteiger partial charge >= 0.3 is 0 Å². The number of hydrogen-bond acceptors (Lipinski definition) is 2. The average molecular weight is 161 g/mol. The number of nitrogens with zero attached hydrogens (tertiary/aromatic N) is 1. The van der Waals surface area contributed by atoms with Crippen molar-refractivity contribution < 1.29 is 9.78 Å². The lowest BCUT2D eigenvalue weighted by Gasteiger charge is -1.95. The quantitative estimate of drug-likeness (QED) is 0.438. The molecule has 0 spiro atoms. The molecule has 2 rings (SSSR count). The maximum absolute atomic E-state index is 9.45. The van der Waals surface area contributed by atoms with Crippen LogP contribution in [0.5, 0.6) is 5.75 Å². The Hall–Kier alpha value is -1.77. The molecule has 1 heterocycles. The summed E-state index contributed by atoms with van der Waals surface area (Å²) in [6, 6.07) is 9.04. The van der Waals surface area contributed by atoms with Gasteiger partial charge in [0, 0.05) is 6.07 Å². The van der Waals surface area contributed by atoms with Crippen LogP contribution in [-0.2, 0) is 0 Å². The van der Waals surface area contributed by atoms with Gasteiger partial charge in [-0.3, -0.25) is 0 Å². The van der Waals surface area contributed by atoms with Crippen molar-refractivity contribution in [3.63, 3.8) is 0 Å². The van der Waals surface area contributed by atoms with Crippen LogP contribution in [0.2, 0.25) is 0 Å². The summed E-state index contributed by atoms with van der Waals surface area (Å²) in [5.74, 6) is 5.82. The van der Waals surface area contributed by atoms with Crippen molar-refractivity contribution in [2.45, 2.75) is 0 Å². The lowest BCUT2D eigenvalue weighted by molar-refractivity contribution is -0.611. The van der Waals surface area contributed by atoms with Crippen LogP contribution in [0.1, 0.15) is 0 Å². The van der Waals surface area contributed by atoms with Crippen molar-refractivity contribution in [2.24, 2.45) is 0 Å². The molecule has 0 amide bonds. The van der Waals surface area contributed by atoms with Gasteiger partial charge in [-0.25, -0.2) is 5.84 Å². The zero-order valence-electron chi connectivity index (χ0n) is 6.44. The van der Waals surface area contributed by atoms with E-state index in [1.165, 1.54) is 4.68 Å². The van der Waals surface area contributed by atoms with Gasteiger partial charge in [0.1, 0.15) is 0 Å². The largest absolute Gasteiger partial charge is 0.502 e. The third-order valence-corrected chi connectivity index (χ3v) is 1.83. The van der Waals surface area contributed by atoms with E-state index in [0.717, 1.165) is 5.39 Å². The average Bonchev–Trinajstić information content (AvgIpc) is 2.04. The zero-order valence-corrected chi connectivity index (χ0v) is 6.44. The van der Waals surface area contributed by atoms with E-state index in [1.807, 2.05) is 18.2 Å². The summed E-state index contributed by atoms with van der Waals surface area (Å²) >= 11 is 0. The summed E-state index contributed by atoms with van der Waals surface area (Å²) in [5.41, 5.74) is 0.653. The summed E-state index contributed by atoms with van der Waals surface area (Å²) in [6.45, 7) is 0. The fourth-order valence-electron chi connectivity index (χ4n) is 1.28. The monoisotopic (exact) mass is 161 g/mol. The molecule has 12 heavy (non-hydrogen) atoms. The van der Waals surface area contributed by atoms with E-state index in [1.54, 1.807) is 18.3 Å².